The quantitative estimate of drug-likeness (QED) is 0.741. The van der Waals surface area contributed by atoms with Gasteiger partial charge in [-0.2, -0.15) is 9.61 Å². The number of methoxy groups -OCH3 is 1. The molecular formula is C14H11N3O2S. The van der Waals surface area contributed by atoms with Crippen molar-refractivity contribution in [2.45, 2.75) is 0 Å². The fraction of sp³-hybridized carbons (Fsp3) is 0.0714. The van der Waals surface area contributed by atoms with Gasteiger partial charge >= 0.3 is 0 Å². The van der Waals surface area contributed by atoms with Crippen LogP contribution in [0, 0.1) is 0 Å². The highest BCUT2D eigenvalue weighted by Crippen LogP contribution is 2.13. The van der Waals surface area contributed by atoms with Crippen LogP contribution in [-0.2, 0) is 0 Å². The van der Waals surface area contributed by atoms with Gasteiger partial charge in [0, 0.05) is 6.07 Å². The van der Waals surface area contributed by atoms with Crippen molar-refractivity contribution in [1.82, 2.24) is 14.6 Å². The van der Waals surface area contributed by atoms with Gasteiger partial charge in [-0.25, -0.2) is 4.98 Å². The standard InChI is InChI=1S/C14H11N3O2S/c1-19-12-6-3-10(4-7-12)2-5-11-8-13(18)17-14(16-11)20-9-15-17/h2-9H,1H3. The molecular weight excluding hydrogens is 274 g/mol. The van der Waals surface area contributed by atoms with Crippen molar-refractivity contribution in [3.8, 4) is 5.75 Å². The van der Waals surface area contributed by atoms with Crippen molar-refractivity contribution in [3.63, 3.8) is 0 Å². The predicted molar refractivity (Wildman–Crippen MR) is 79.1 cm³/mol. The van der Waals surface area contributed by atoms with E-state index in [0.29, 0.717) is 10.7 Å². The molecule has 20 heavy (non-hydrogen) atoms. The molecule has 0 amide bonds. The molecule has 0 radical (unpaired) electrons. The van der Waals surface area contributed by atoms with Gasteiger partial charge in [0.2, 0.25) is 4.96 Å². The molecule has 1 aromatic carbocycles. The van der Waals surface area contributed by atoms with Crippen molar-refractivity contribution < 1.29 is 4.74 Å². The van der Waals surface area contributed by atoms with Crippen LogP contribution in [-0.4, -0.2) is 21.7 Å². The van der Waals surface area contributed by atoms with Crippen LogP contribution >= 0.6 is 11.3 Å². The molecule has 2 aromatic heterocycles. The van der Waals surface area contributed by atoms with Crippen LogP contribution in [0.1, 0.15) is 11.3 Å². The molecule has 0 unspecified atom stereocenters. The third kappa shape index (κ3) is 2.46. The maximum atomic E-state index is 11.8. The topological polar surface area (TPSA) is 56.5 Å². The average Bonchev–Trinajstić information content (AvgIpc) is 2.94. The Morgan fingerprint density at radius 3 is 2.80 bits per heavy atom. The first-order chi connectivity index (χ1) is 9.76. The zero-order chi connectivity index (χ0) is 13.9. The van der Waals surface area contributed by atoms with Gasteiger partial charge in [0.25, 0.3) is 5.56 Å². The Bertz CT molecular complexity index is 818. The molecule has 0 aliphatic carbocycles. The van der Waals surface area contributed by atoms with Gasteiger partial charge in [-0.1, -0.05) is 29.5 Å². The van der Waals surface area contributed by atoms with Crippen LogP contribution in [0.15, 0.2) is 40.6 Å². The molecule has 3 rings (SSSR count). The highest BCUT2D eigenvalue weighted by molar-refractivity contribution is 7.14. The van der Waals surface area contributed by atoms with Crippen LogP contribution in [0.3, 0.4) is 0 Å². The zero-order valence-electron chi connectivity index (χ0n) is 10.7. The molecule has 5 nitrogen and oxygen atoms in total. The molecule has 0 N–H and O–H groups in total. The first-order valence-corrected chi connectivity index (χ1v) is 6.80. The van der Waals surface area contributed by atoms with Crippen LogP contribution < -0.4 is 10.3 Å². The molecule has 0 spiro atoms. The summed E-state index contributed by atoms with van der Waals surface area (Å²) in [5.74, 6) is 0.810. The SMILES string of the molecule is COc1ccc(C=Cc2cc(=O)n3ncsc3n2)cc1. The molecule has 0 aliphatic rings. The highest BCUT2D eigenvalue weighted by Gasteiger charge is 2.01. The summed E-state index contributed by atoms with van der Waals surface area (Å²) in [4.78, 5) is 16.7. The van der Waals surface area contributed by atoms with E-state index < -0.39 is 0 Å². The molecule has 0 atom stereocenters. The Morgan fingerprint density at radius 2 is 2.05 bits per heavy atom. The first kappa shape index (κ1) is 12.6. The first-order valence-electron chi connectivity index (χ1n) is 5.92. The van der Waals surface area contributed by atoms with Crippen molar-refractivity contribution in [2.75, 3.05) is 7.11 Å². The van der Waals surface area contributed by atoms with Gasteiger partial charge in [0.05, 0.1) is 12.8 Å². The van der Waals surface area contributed by atoms with E-state index in [0.717, 1.165) is 11.3 Å². The lowest BCUT2D eigenvalue weighted by molar-refractivity contribution is 0.415. The Labute approximate surface area is 118 Å². The van der Waals surface area contributed by atoms with Crippen LogP contribution in [0.2, 0.25) is 0 Å². The smallest absolute Gasteiger partial charge is 0.275 e. The molecule has 0 bridgehead atoms. The minimum Gasteiger partial charge on any atom is -0.497 e. The second-order valence-electron chi connectivity index (χ2n) is 4.06. The third-order valence-corrected chi connectivity index (χ3v) is 3.44. The Morgan fingerprint density at radius 1 is 1.25 bits per heavy atom. The highest BCUT2D eigenvalue weighted by atomic mass is 32.1. The molecule has 100 valence electrons. The lowest BCUT2D eigenvalue weighted by atomic mass is 10.2. The summed E-state index contributed by atoms with van der Waals surface area (Å²) in [7, 11) is 1.63. The van der Waals surface area contributed by atoms with E-state index in [4.69, 9.17) is 4.74 Å². The third-order valence-electron chi connectivity index (χ3n) is 2.77. The van der Waals surface area contributed by atoms with E-state index in [-0.39, 0.29) is 5.56 Å². The number of fused-ring (bicyclic) bond motifs is 1. The lowest BCUT2D eigenvalue weighted by Gasteiger charge is -1.99. The van der Waals surface area contributed by atoms with Crippen LogP contribution in [0.4, 0.5) is 0 Å². The number of hydrogen-bond acceptors (Lipinski definition) is 5. The molecule has 2 heterocycles. The summed E-state index contributed by atoms with van der Waals surface area (Å²) in [5.41, 5.74) is 3.05. The van der Waals surface area contributed by atoms with Gasteiger partial charge in [0.1, 0.15) is 11.3 Å². The maximum Gasteiger partial charge on any atom is 0.275 e. The Kier molecular flexibility index (Phi) is 3.30. The number of hydrogen-bond donors (Lipinski definition) is 0. The fourth-order valence-electron chi connectivity index (χ4n) is 1.75. The summed E-state index contributed by atoms with van der Waals surface area (Å²) in [5, 5.41) is 3.92. The number of ether oxygens (including phenoxy) is 1. The summed E-state index contributed by atoms with van der Waals surface area (Å²) >= 11 is 1.33. The maximum absolute atomic E-state index is 11.8. The summed E-state index contributed by atoms with van der Waals surface area (Å²) in [6.45, 7) is 0. The Balaban J connectivity index is 1.91. The van der Waals surface area contributed by atoms with Crippen molar-refractivity contribution in [1.29, 1.82) is 0 Å². The second kappa shape index (κ2) is 5.26. The lowest BCUT2D eigenvalue weighted by Crippen LogP contribution is -2.13. The van der Waals surface area contributed by atoms with Crippen molar-refractivity contribution in [2.24, 2.45) is 0 Å². The summed E-state index contributed by atoms with van der Waals surface area (Å²) in [6, 6.07) is 9.11. The number of benzene rings is 1. The van der Waals surface area contributed by atoms with Crippen LogP contribution in [0.5, 0.6) is 5.75 Å². The zero-order valence-corrected chi connectivity index (χ0v) is 11.5. The molecule has 0 saturated carbocycles. The van der Waals surface area contributed by atoms with Gasteiger partial charge in [0.15, 0.2) is 0 Å². The monoisotopic (exact) mass is 285 g/mol. The van der Waals surface area contributed by atoms with E-state index in [1.807, 2.05) is 36.4 Å². The van der Waals surface area contributed by atoms with E-state index in [1.54, 1.807) is 12.6 Å². The van der Waals surface area contributed by atoms with Gasteiger partial charge in [-0.05, 0) is 23.8 Å². The van der Waals surface area contributed by atoms with E-state index >= 15 is 0 Å². The molecule has 0 fully saturated rings. The summed E-state index contributed by atoms with van der Waals surface area (Å²) in [6.07, 6.45) is 3.71. The van der Waals surface area contributed by atoms with Gasteiger partial charge in [-0.3, -0.25) is 4.79 Å². The normalized spacial score (nSPS) is 11.2. The fourth-order valence-corrected chi connectivity index (χ4v) is 2.39. The minimum atomic E-state index is -0.175. The summed E-state index contributed by atoms with van der Waals surface area (Å²) < 4.78 is 6.39. The second-order valence-corrected chi connectivity index (χ2v) is 4.87. The molecule has 3 aromatic rings. The molecule has 6 heteroatoms. The Hall–Kier alpha value is -2.47. The number of rotatable bonds is 3. The van der Waals surface area contributed by atoms with E-state index in [9.17, 15) is 4.79 Å². The average molecular weight is 285 g/mol. The molecule has 0 aliphatic heterocycles. The minimum absolute atomic E-state index is 0.175. The van der Waals surface area contributed by atoms with Gasteiger partial charge < -0.3 is 4.74 Å². The van der Waals surface area contributed by atoms with E-state index in [2.05, 4.69) is 10.1 Å². The van der Waals surface area contributed by atoms with Crippen molar-refractivity contribution >= 4 is 28.4 Å². The van der Waals surface area contributed by atoms with Crippen LogP contribution in [0.25, 0.3) is 17.1 Å². The van der Waals surface area contributed by atoms with Crippen molar-refractivity contribution in [3.05, 3.63) is 57.5 Å². The molecule has 0 saturated heterocycles. The number of nitrogens with zero attached hydrogens (tertiary/aromatic N) is 3. The number of aromatic nitrogens is 3. The van der Waals surface area contributed by atoms with Gasteiger partial charge in [-0.15, -0.1) is 0 Å². The predicted octanol–water partition coefficient (Wildman–Crippen LogP) is 2.33. The largest absolute Gasteiger partial charge is 0.497 e. The van der Waals surface area contributed by atoms with E-state index in [1.165, 1.54) is 21.9 Å².